The van der Waals surface area contributed by atoms with Crippen molar-refractivity contribution in [1.29, 1.82) is 0 Å². The summed E-state index contributed by atoms with van der Waals surface area (Å²) in [6.45, 7) is 2.99. The van der Waals surface area contributed by atoms with E-state index in [2.05, 4.69) is 23.0 Å². The minimum absolute atomic E-state index is 0.497. The third kappa shape index (κ3) is 6.84. The second-order valence-electron chi connectivity index (χ2n) is 9.28. The first-order valence-corrected chi connectivity index (χ1v) is 13.1. The van der Waals surface area contributed by atoms with Crippen LogP contribution in [0.5, 0.6) is 5.75 Å². The number of nitrogens with zero attached hydrogens (tertiary/aromatic N) is 2. The number of unbranched alkanes of at least 4 members (excludes halogenated alkanes) is 9. The summed E-state index contributed by atoms with van der Waals surface area (Å²) in [7, 11) is 0. The zero-order valence-electron chi connectivity index (χ0n) is 20.8. The number of aromatic amines is 1. The van der Waals surface area contributed by atoms with E-state index >= 15 is 0 Å². The average Bonchev–Trinajstić information content (AvgIpc) is 3.30. The lowest BCUT2D eigenvalue weighted by Gasteiger charge is -2.14. The number of hydrogen-bond acceptors (Lipinski definition) is 3. The Labute approximate surface area is 208 Å². The molecule has 0 fully saturated rings. The van der Waals surface area contributed by atoms with Crippen LogP contribution in [0.4, 0.5) is 11.6 Å². The smallest absolute Gasteiger partial charge is 0.221 e. The standard InChI is InChI=1S/C30H37N3O2/c1-2-3-4-5-6-7-8-9-10-13-20-35-27-18-19-28-29(22-27)32-30(31-28)33(23-34)26-17-16-24-14-11-12-15-25(24)21-26/h11-12,14-19,21-23H,2-10,13,20H2,1H3,(H,31,32). The Morgan fingerprint density at radius 2 is 1.54 bits per heavy atom. The maximum Gasteiger partial charge on any atom is 0.221 e. The van der Waals surface area contributed by atoms with Gasteiger partial charge in [-0.3, -0.25) is 9.69 Å². The fraction of sp³-hybridized carbons (Fsp3) is 0.400. The summed E-state index contributed by atoms with van der Waals surface area (Å²) in [5.74, 6) is 1.32. The zero-order valence-corrected chi connectivity index (χ0v) is 20.8. The van der Waals surface area contributed by atoms with Crippen LogP contribution in [0.25, 0.3) is 21.8 Å². The van der Waals surface area contributed by atoms with E-state index < -0.39 is 0 Å². The maximum absolute atomic E-state index is 12.0. The third-order valence-corrected chi connectivity index (χ3v) is 6.55. The van der Waals surface area contributed by atoms with Crippen LogP contribution in [0.2, 0.25) is 0 Å². The van der Waals surface area contributed by atoms with Crippen LogP contribution in [-0.4, -0.2) is 23.0 Å². The second-order valence-corrected chi connectivity index (χ2v) is 9.28. The first kappa shape index (κ1) is 24.8. The number of amides is 1. The van der Waals surface area contributed by atoms with Crippen molar-refractivity contribution in [3.63, 3.8) is 0 Å². The number of anilines is 2. The molecule has 1 aromatic heterocycles. The third-order valence-electron chi connectivity index (χ3n) is 6.55. The number of nitrogens with one attached hydrogen (secondary N) is 1. The van der Waals surface area contributed by atoms with Crippen molar-refractivity contribution >= 4 is 39.9 Å². The van der Waals surface area contributed by atoms with Crippen molar-refractivity contribution in [2.24, 2.45) is 0 Å². The molecule has 0 saturated heterocycles. The number of aromatic nitrogens is 2. The Morgan fingerprint density at radius 3 is 2.29 bits per heavy atom. The van der Waals surface area contributed by atoms with Gasteiger partial charge in [0.2, 0.25) is 12.4 Å². The predicted octanol–water partition coefficient (Wildman–Crippen LogP) is 8.31. The largest absolute Gasteiger partial charge is 0.494 e. The second kappa shape index (κ2) is 12.9. The number of benzene rings is 3. The molecule has 1 amide bonds. The van der Waals surface area contributed by atoms with Crippen LogP contribution < -0.4 is 9.64 Å². The molecule has 0 saturated carbocycles. The van der Waals surface area contributed by atoms with Crippen molar-refractivity contribution in [2.45, 2.75) is 71.1 Å². The predicted molar refractivity (Wildman–Crippen MR) is 146 cm³/mol. The van der Waals surface area contributed by atoms with Gasteiger partial charge in [0.05, 0.1) is 23.3 Å². The number of rotatable bonds is 15. The molecule has 1 heterocycles. The lowest BCUT2D eigenvalue weighted by Crippen LogP contribution is -2.15. The molecular formula is C30H37N3O2. The van der Waals surface area contributed by atoms with E-state index in [4.69, 9.17) is 4.74 Å². The van der Waals surface area contributed by atoms with E-state index in [1.807, 2.05) is 54.6 Å². The SMILES string of the molecule is CCCCCCCCCCCCOc1ccc2nc(N(C=O)c3ccc4ccccc4c3)[nH]c2c1. The number of carbonyl (C=O) groups excluding carboxylic acids is 1. The highest BCUT2D eigenvalue weighted by molar-refractivity contribution is 5.93. The van der Waals surface area contributed by atoms with Crippen LogP contribution in [0, 0.1) is 0 Å². The summed E-state index contributed by atoms with van der Waals surface area (Å²) in [5.41, 5.74) is 2.43. The summed E-state index contributed by atoms with van der Waals surface area (Å²) in [6.07, 6.45) is 13.9. The zero-order chi connectivity index (χ0) is 24.3. The van der Waals surface area contributed by atoms with Gasteiger partial charge in [0.25, 0.3) is 0 Å². The van der Waals surface area contributed by atoms with Gasteiger partial charge < -0.3 is 9.72 Å². The first-order valence-electron chi connectivity index (χ1n) is 13.1. The molecule has 5 heteroatoms. The molecule has 0 atom stereocenters. The number of fused-ring (bicyclic) bond motifs is 2. The van der Waals surface area contributed by atoms with Gasteiger partial charge in [-0.2, -0.15) is 0 Å². The van der Waals surface area contributed by atoms with Gasteiger partial charge in [0, 0.05) is 6.07 Å². The van der Waals surface area contributed by atoms with Gasteiger partial charge in [-0.1, -0.05) is 95.0 Å². The molecule has 0 aliphatic carbocycles. The minimum Gasteiger partial charge on any atom is -0.494 e. The van der Waals surface area contributed by atoms with Crippen molar-refractivity contribution < 1.29 is 9.53 Å². The molecule has 0 radical (unpaired) electrons. The highest BCUT2D eigenvalue weighted by atomic mass is 16.5. The van der Waals surface area contributed by atoms with Gasteiger partial charge >= 0.3 is 0 Å². The Balaban J connectivity index is 1.28. The first-order chi connectivity index (χ1) is 17.3. The number of carbonyl (C=O) groups is 1. The molecule has 1 N–H and O–H groups in total. The van der Waals surface area contributed by atoms with Crippen LogP contribution in [-0.2, 0) is 4.79 Å². The molecule has 0 aliphatic rings. The van der Waals surface area contributed by atoms with Gasteiger partial charge in [0.1, 0.15) is 5.75 Å². The number of imidazole rings is 1. The Morgan fingerprint density at radius 1 is 0.829 bits per heavy atom. The van der Waals surface area contributed by atoms with E-state index in [1.54, 1.807) is 0 Å². The van der Waals surface area contributed by atoms with Crippen LogP contribution >= 0.6 is 0 Å². The quantitative estimate of drug-likeness (QED) is 0.140. The molecule has 184 valence electrons. The molecule has 0 bridgehead atoms. The van der Waals surface area contributed by atoms with Crippen LogP contribution in [0.15, 0.2) is 60.7 Å². The van der Waals surface area contributed by atoms with Crippen molar-refractivity contribution in [2.75, 3.05) is 11.5 Å². The molecule has 4 rings (SSSR count). The Bertz CT molecular complexity index is 1220. The number of H-pyrrole nitrogens is 1. The van der Waals surface area contributed by atoms with E-state index in [0.29, 0.717) is 5.95 Å². The van der Waals surface area contributed by atoms with E-state index in [-0.39, 0.29) is 0 Å². The van der Waals surface area contributed by atoms with E-state index in [1.165, 1.54) is 62.7 Å². The lowest BCUT2D eigenvalue weighted by molar-refractivity contribution is -0.106. The van der Waals surface area contributed by atoms with Gasteiger partial charge in [-0.25, -0.2) is 4.98 Å². The van der Waals surface area contributed by atoms with Crippen LogP contribution in [0.3, 0.4) is 0 Å². The summed E-state index contributed by atoms with van der Waals surface area (Å²) in [6, 6.07) is 19.9. The average molecular weight is 472 g/mol. The maximum atomic E-state index is 12.0. The molecule has 35 heavy (non-hydrogen) atoms. The van der Waals surface area contributed by atoms with Gasteiger partial charge in [-0.15, -0.1) is 0 Å². The summed E-state index contributed by atoms with van der Waals surface area (Å²) < 4.78 is 5.98. The number of hydrogen-bond donors (Lipinski definition) is 1. The van der Waals surface area contributed by atoms with E-state index in [0.717, 1.165) is 52.7 Å². The van der Waals surface area contributed by atoms with Crippen molar-refractivity contribution in [3.8, 4) is 5.75 Å². The highest BCUT2D eigenvalue weighted by Gasteiger charge is 2.14. The molecule has 3 aromatic carbocycles. The van der Waals surface area contributed by atoms with Crippen molar-refractivity contribution in [3.05, 3.63) is 60.7 Å². The molecule has 0 spiro atoms. The van der Waals surface area contributed by atoms with Gasteiger partial charge in [-0.05, 0) is 41.5 Å². The van der Waals surface area contributed by atoms with Crippen LogP contribution in [0.1, 0.15) is 71.1 Å². The molecule has 0 aliphatic heterocycles. The summed E-state index contributed by atoms with van der Waals surface area (Å²) in [4.78, 5) is 21.4. The molecule has 4 aromatic rings. The fourth-order valence-electron chi connectivity index (χ4n) is 4.52. The summed E-state index contributed by atoms with van der Waals surface area (Å²) >= 11 is 0. The summed E-state index contributed by atoms with van der Waals surface area (Å²) in [5, 5.41) is 2.21. The molecule has 5 nitrogen and oxygen atoms in total. The number of ether oxygens (including phenoxy) is 1. The topological polar surface area (TPSA) is 58.2 Å². The Hall–Kier alpha value is -3.34. The molecular weight excluding hydrogens is 434 g/mol. The minimum atomic E-state index is 0.497. The van der Waals surface area contributed by atoms with E-state index in [9.17, 15) is 4.79 Å². The van der Waals surface area contributed by atoms with Crippen molar-refractivity contribution in [1.82, 2.24) is 9.97 Å². The molecule has 0 unspecified atom stereocenters. The normalized spacial score (nSPS) is 11.2. The van der Waals surface area contributed by atoms with Gasteiger partial charge in [0.15, 0.2) is 0 Å². The monoisotopic (exact) mass is 471 g/mol. The fourth-order valence-corrected chi connectivity index (χ4v) is 4.52. The highest BCUT2D eigenvalue weighted by Crippen LogP contribution is 2.28. The Kier molecular flexibility index (Phi) is 9.16. The lowest BCUT2D eigenvalue weighted by atomic mass is 10.1.